The number of ether oxygens (including phenoxy) is 1. The summed E-state index contributed by atoms with van der Waals surface area (Å²) in [4.78, 5) is 30.9. The average molecular weight is 421 g/mol. The number of hydrogen-bond donors (Lipinski definition) is 0. The Balaban J connectivity index is 1.28. The first kappa shape index (κ1) is 19.9. The summed E-state index contributed by atoms with van der Waals surface area (Å²) in [6, 6.07) is 8.12. The van der Waals surface area contributed by atoms with E-state index in [9.17, 15) is 4.79 Å². The Labute approximate surface area is 181 Å². The molecular formula is C23H28N6O2. The fourth-order valence-corrected chi connectivity index (χ4v) is 4.35. The molecule has 0 N–H and O–H groups in total. The Kier molecular flexibility index (Phi) is 5.55. The van der Waals surface area contributed by atoms with Crippen molar-refractivity contribution in [1.82, 2.24) is 19.5 Å². The highest BCUT2D eigenvalue weighted by Crippen LogP contribution is 2.36. The van der Waals surface area contributed by atoms with Crippen molar-refractivity contribution in [3.05, 3.63) is 53.0 Å². The molecule has 1 aliphatic carbocycles. The van der Waals surface area contributed by atoms with Crippen LogP contribution in [0.3, 0.4) is 0 Å². The molecule has 2 aromatic heterocycles. The minimum absolute atomic E-state index is 0.0237. The van der Waals surface area contributed by atoms with Gasteiger partial charge >= 0.3 is 0 Å². The Morgan fingerprint density at radius 2 is 1.84 bits per heavy atom. The van der Waals surface area contributed by atoms with E-state index in [1.54, 1.807) is 24.3 Å². The third-order valence-electron chi connectivity index (χ3n) is 6.51. The van der Waals surface area contributed by atoms with Crippen molar-refractivity contribution in [1.29, 1.82) is 0 Å². The molecule has 2 fully saturated rings. The number of piperazine rings is 1. The van der Waals surface area contributed by atoms with Crippen molar-refractivity contribution in [2.45, 2.75) is 31.7 Å². The Hall–Kier alpha value is -3.00. The van der Waals surface area contributed by atoms with E-state index in [-0.39, 0.29) is 5.56 Å². The number of anilines is 2. The second-order valence-corrected chi connectivity index (χ2v) is 8.34. The maximum absolute atomic E-state index is 12.7. The van der Waals surface area contributed by atoms with Gasteiger partial charge in [0.05, 0.1) is 30.4 Å². The fraction of sp³-hybridized carbons (Fsp3) is 0.478. The van der Waals surface area contributed by atoms with Crippen LogP contribution in [0.4, 0.5) is 11.5 Å². The minimum atomic E-state index is -0.0237. The monoisotopic (exact) mass is 420 g/mol. The van der Waals surface area contributed by atoms with Crippen LogP contribution in [0.25, 0.3) is 10.9 Å². The number of rotatable bonds is 6. The van der Waals surface area contributed by atoms with E-state index in [1.807, 2.05) is 18.2 Å². The van der Waals surface area contributed by atoms with Gasteiger partial charge in [-0.2, -0.15) is 0 Å². The molecule has 3 heterocycles. The van der Waals surface area contributed by atoms with Crippen molar-refractivity contribution in [2.24, 2.45) is 0 Å². The summed E-state index contributed by atoms with van der Waals surface area (Å²) in [5.41, 5.74) is 3.01. The quantitative estimate of drug-likeness (QED) is 0.606. The zero-order valence-corrected chi connectivity index (χ0v) is 17.9. The lowest BCUT2D eigenvalue weighted by Crippen LogP contribution is -2.47. The van der Waals surface area contributed by atoms with Crippen LogP contribution >= 0.6 is 0 Å². The number of methoxy groups -OCH3 is 1. The van der Waals surface area contributed by atoms with E-state index in [0.717, 1.165) is 43.2 Å². The van der Waals surface area contributed by atoms with E-state index in [2.05, 4.69) is 30.8 Å². The Bertz CT molecular complexity index is 1120. The van der Waals surface area contributed by atoms with Crippen molar-refractivity contribution in [3.8, 4) is 0 Å². The first-order valence-corrected chi connectivity index (χ1v) is 11.0. The molecule has 5 rings (SSSR count). The van der Waals surface area contributed by atoms with Gasteiger partial charge in [-0.25, -0.2) is 15.0 Å². The van der Waals surface area contributed by atoms with Crippen molar-refractivity contribution in [2.75, 3.05) is 49.7 Å². The standard InChI is InChI=1S/C23H28N6O2/c1-31-12-11-29-16-26-21-13-18(5-6-19(21)23(29)30)27-7-9-28(10-8-27)22-14-20(24-15-25-22)17-3-2-4-17/h5-6,13-17H,2-4,7-12H2,1H3. The molecule has 31 heavy (non-hydrogen) atoms. The van der Waals surface area contributed by atoms with E-state index in [0.29, 0.717) is 24.5 Å². The molecular weight excluding hydrogens is 392 g/mol. The molecule has 8 heteroatoms. The average Bonchev–Trinajstić information content (AvgIpc) is 2.78. The topological polar surface area (TPSA) is 76.4 Å². The van der Waals surface area contributed by atoms with Gasteiger partial charge in [-0.3, -0.25) is 9.36 Å². The summed E-state index contributed by atoms with van der Waals surface area (Å²) in [6.07, 6.45) is 7.13. The first-order chi connectivity index (χ1) is 15.2. The highest BCUT2D eigenvalue weighted by Gasteiger charge is 2.23. The summed E-state index contributed by atoms with van der Waals surface area (Å²) < 4.78 is 6.67. The van der Waals surface area contributed by atoms with Crippen LogP contribution < -0.4 is 15.4 Å². The minimum Gasteiger partial charge on any atom is -0.383 e. The molecule has 1 aliphatic heterocycles. The number of nitrogens with zero attached hydrogens (tertiary/aromatic N) is 6. The molecule has 8 nitrogen and oxygen atoms in total. The lowest BCUT2D eigenvalue weighted by molar-refractivity contribution is 0.186. The predicted octanol–water partition coefficient (Wildman–Crippen LogP) is 2.43. The SMILES string of the molecule is COCCn1cnc2cc(N3CCN(c4cc(C5CCC5)ncn4)CC3)ccc2c1=O. The normalized spacial score (nSPS) is 17.2. The van der Waals surface area contributed by atoms with E-state index >= 15 is 0 Å². The molecule has 1 saturated heterocycles. The highest BCUT2D eigenvalue weighted by molar-refractivity contribution is 5.81. The lowest BCUT2D eigenvalue weighted by Gasteiger charge is -2.37. The zero-order valence-electron chi connectivity index (χ0n) is 17.9. The molecule has 2 aliphatic rings. The first-order valence-electron chi connectivity index (χ1n) is 11.0. The van der Waals surface area contributed by atoms with Gasteiger partial charge in [0.25, 0.3) is 5.56 Å². The molecule has 1 aromatic carbocycles. The second kappa shape index (κ2) is 8.63. The van der Waals surface area contributed by atoms with Crippen LogP contribution in [0.15, 0.2) is 41.7 Å². The Morgan fingerprint density at radius 1 is 1.03 bits per heavy atom. The van der Waals surface area contributed by atoms with Gasteiger partial charge in [0.1, 0.15) is 12.1 Å². The van der Waals surface area contributed by atoms with E-state index in [1.165, 1.54) is 25.0 Å². The third kappa shape index (κ3) is 3.99. The highest BCUT2D eigenvalue weighted by atomic mass is 16.5. The number of fused-ring (bicyclic) bond motifs is 1. The van der Waals surface area contributed by atoms with Crippen LogP contribution in [0.2, 0.25) is 0 Å². The van der Waals surface area contributed by atoms with Crippen LogP contribution in [-0.4, -0.2) is 59.4 Å². The molecule has 0 unspecified atom stereocenters. The van der Waals surface area contributed by atoms with Gasteiger partial charge in [0.15, 0.2) is 0 Å². The maximum atomic E-state index is 12.7. The summed E-state index contributed by atoms with van der Waals surface area (Å²) >= 11 is 0. The van der Waals surface area contributed by atoms with Crippen LogP contribution in [-0.2, 0) is 11.3 Å². The zero-order chi connectivity index (χ0) is 21.2. The van der Waals surface area contributed by atoms with Crippen LogP contribution in [0.1, 0.15) is 30.9 Å². The third-order valence-corrected chi connectivity index (χ3v) is 6.51. The van der Waals surface area contributed by atoms with Gasteiger partial charge < -0.3 is 14.5 Å². The summed E-state index contributed by atoms with van der Waals surface area (Å²) in [6.45, 7) is 4.62. The number of hydrogen-bond acceptors (Lipinski definition) is 7. The van der Waals surface area contributed by atoms with Crippen LogP contribution in [0, 0.1) is 0 Å². The van der Waals surface area contributed by atoms with E-state index < -0.39 is 0 Å². The molecule has 0 spiro atoms. The molecule has 162 valence electrons. The number of benzene rings is 1. The fourth-order valence-electron chi connectivity index (χ4n) is 4.35. The van der Waals surface area contributed by atoms with Crippen LogP contribution in [0.5, 0.6) is 0 Å². The van der Waals surface area contributed by atoms with Gasteiger partial charge in [0, 0.05) is 56.7 Å². The molecule has 1 saturated carbocycles. The molecule has 0 bridgehead atoms. The molecule has 0 radical (unpaired) electrons. The maximum Gasteiger partial charge on any atom is 0.261 e. The van der Waals surface area contributed by atoms with E-state index in [4.69, 9.17) is 4.74 Å². The summed E-state index contributed by atoms with van der Waals surface area (Å²) in [5, 5.41) is 0.644. The smallest absolute Gasteiger partial charge is 0.261 e. The van der Waals surface area contributed by atoms with Gasteiger partial charge in [-0.15, -0.1) is 0 Å². The van der Waals surface area contributed by atoms with Crippen molar-refractivity contribution >= 4 is 22.4 Å². The summed E-state index contributed by atoms with van der Waals surface area (Å²) in [5.74, 6) is 1.65. The molecule has 3 aromatic rings. The predicted molar refractivity (Wildman–Crippen MR) is 121 cm³/mol. The Morgan fingerprint density at radius 3 is 2.58 bits per heavy atom. The molecule has 0 amide bonds. The number of aromatic nitrogens is 4. The van der Waals surface area contributed by atoms with Gasteiger partial charge in [-0.1, -0.05) is 6.42 Å². The summed E-state index contributed by atoms with van der Waals surface area (Å²) in [7, 11) is 1.63. The lowest BCUT2D eigenvalue weighted by atomic mass is 9.83. The largest absolute Gasteiger partial charge is 0.383 e. The molecule has 0 atom stereocenters. The van der Waals surface area contributed by atoms with Crippen molar-refractivity contribution in [3.63, 3.8) is 0 Å². The van der Waals surface area contributed by atoms with Gasteiger partial charge in [0.2, 0.25) is 0 Å². The second-order valence-electron chi connectivity index (χ2n) is 8.34. The van der Waals surface area contributed by atoms with Gasteiger partial charge in [-0.05, 0) is 31.0 Å². The van der Waals surface area contributed by atoms with Crippen molar-refractivity contribution < 1.29 is 4.74 Å².